The quantitative estimate of drug-likeness (QED) is 0.480. The van der Waals surface area contributed by atoms with Crippen LogP contribution in [0.5, 0.6) is 0 Å². The predicted molar refractivity (Wildman–Crippen MR) is 112 cm³/mol. The lowest BCUT2D eigenvalue weighted by molar-refractivity contribution is 0.0922. The summed E-state index contributed by atoms with van der Waals surface area (Å²) < 4.78 is 30.6. The summed E-state index contributed by atoms with van der Waals surface area (Å²) in [4.78, 5) is 12.5. The maximum atomic E-state index is 12.5. The van der Waals surface area contributed by atoms with Crippen molar-refractivity contribution in [3.05, 3.63) is 65.0 Å². The van der Waals surface area contributed by atoms with Crippen LogP contribution >= 0.6 is 11.6 Å². The molecule has 158 valence electrons. The predicted octanol–water partition coefficient (Wildman–Crippen LogP) is 2.62. The Morgan fingerprint density at radius 2 is 1.80 bits per heavy atom. The average molecular weight is 451 g/mol. The summed E-state index contributed by atoms with van der Waals surface area (Å²) in [5, 5.41) is 20.6. The molecule has 30 heavy (non-hydrogen) atoms. The Labute approximate surface area is 178 Å². The zero-order chi connectivity index (χ0) is 21.7. The molecule has 0 saturated heterocycles. The lowest BCUT2D eigenvalue weighted by Gasteiger charge is -2.14. The summed E-state index contributed by atoms with van der Waals surface area (Å²) in [5.41, 5.74) is 1.37. The highest BCUT2D eigenvalue weighted by Gasteiger charge is 2.22. The minimum atomic E-state index is -3.38. The van der Waals surface area contributed by atoms with Crippen LogP contribution in [0.4, 0.5) is 5.69 Å². The highest BCUT2D eigenvalue weighted by atomic mass is 35.5. The van der Waals surface area contributed by atoms with Crippen molar-refractivity contribution in [3.8, 4) is 11.5 Å². The number of aromatic nitrogens is 2. The number of benzene rings is 2. The van der Waals surface area contributed by atoms with Crippen molar-refractivity contribution in [2.45, 2.75) is 12.5 Å². The first kappa shape index (κ1) is 21.8. The second-order valence-corrected chi connectivity index (χ2v) is 8.63. The molecular weight excluding hydrogens is 432 g/mol. The van der Waals surface area contributed by atoms with E-state index >= 15 is 0 Å². The fraction of sp³-hybridized carbons (Fsp3) is 0.211. The van der Waals surface area contributed by atoms with E-state index in [9.17, 15) is 18.3 Å². The van der Waals surface area contributed by atoms with Gasteiger partial charge in [0.15, 0.2) is 0 Å². The number of carbonyl (C=O) groups excluding carboxylic acids is 1. The van der Waals surface area contributed by atoms with Crippen molar-refractivity contribution < 1.29 is 22.7 Å². The second kappa shape index (κ2) is 9.24. The number of aliphatic hydroxyl groups is 1. The first-order chi connectivity index (χ1) is 14.2. The Morgan fingerprint density at radius 1 is 1.13 bits per heavy atom. The molecule has 1 heterocycles. The fourth-order valence-corrected chi connectivity index (χ4v) is 3.31. The van der Waals surface area contributed by atoms with Gasteiger partial charge in [-0.3, -0.25) is 9.52 Å². The van der Waals surface area contributed by atoms with Crippen LogP contribution in [-0.4, -0.2) is 42.5 Å². The normalized spacial score (nSPS) is 12.4. The molecule has 1 aromatic heterocycles. The zero-order valence-corrected chi connectivity index (χ0v) is 17.4. The second-order valence-electron chi connectivity index (χ2n) is 6.44. The van der Waals surface area contributed by atoms with Crippen LogP contribution in [0.25, 0.3) is 11.5 Å². The molecule has 0 aliphatic heterocycles. The molecule has 0 radical (unpaired) electrons. The number of aliphatic hydroxyl groups excluding tert-OH is 1. The van der Waals surface area contributed by atoms with Crippen molar-refractivity contribution in [2.24, 2.45) is 0 Å². The van der Waals surface area contributed by atoms with Gasteiger partial charge in [0, 0.05) is 28.4 Å². The van der Waals surface area contributed by atoms with Crippen molar-refractivity contribution in [2.75, 3.05) is 17.6 Å². The molecule has 11 heteroatoms. The third kappa shape index (κ3) is 5.78. The van der Waals surface area contributed by atoms with E-state index in [1.807, 2.05) is 0 Å². The number of halogens is 1. The highest BCUT2D eigenvalue weighted by Crippen LogP contribution is 2.24. The Hall–Kier alpha value is -2.95. The third-order valence-corrected chi connectivity index (χ3v) is 4.86. The number of hydrogen-bond donors (Lipinski definition) is 3. The van der Waals surface area contributed by atoms with Gasteiger partial charge in [-0.2, -0.15) is 0 Å². The highest BCUT2D eigenvalue weighted by molar-refractivity contribution is 7.92. The van der Waals surface area contributed by atoms with E-state index in [1.165, 1.54) is 0 Å². The summed E-state index contributed by atoms with van der Waals surface area (Å²) >= 11 is 5.84. The van der Waals surface area contributed by atoms with Crippen LogP contribution in [0.1, 0.15) is 28.7 Å². The molecule has 2 aromatic carbocycles. The van der Waals surface area contributed by atoms with Crippen molar-refractivity contribution in [3.63, 3.8) is 0 Å². The first-order valence-electron chi connectivity index (χ1n) is 8.84. The van der Waals surface area contributed by atoms with Gasteiger partial charge >= 0.3 is 0 Å². The van der Waals surface area contributed by atoms with E-state index < -0.39 is 16.1 Å². The van der Waals surface area contributed by atoms with Gasteiger partial charge in [-0.15, -0.1) is 10.2 Å². The summed E-state index contributed by atoms with van der Waals surface area (Å²) in [7, 11) is -3.38. The fourth-order valence-electron chi connectivity index (χ4n) is 2.62. The summed E-state index contributed by atoms with van der Waals surface area (Å²) in [6.07, 6.45) is 1.24. The largest absolute Gasteiger partial charge is 0.418 e. The van der Waals surface area contributed by atoms with E-state index in [0.717, 1.165) is 6.26 Å². The molecule has 1 atom stereocenters. The Kier molecular flexibility index (Phi) is 6.70. The maximum absolute atomic E-state index is 12.5. The van der Waals surface area contributed by atoms with Crippen LogP contribution < -0.4 is 10.0 Å². The average Bonchev–Trinajstić information content (AvgIpc) is 3.17. The van der Waals surface area contributed by atoms with E-state index in [2.05, 4.69) is 20.2 Å². The Morgan fingerprint density at radius 3 is 2.40 bits per heavy atom. The van der Waals surface area contributed by atoms with E-state index in [0.29, 0.717) is 21.8 Å². The number of hydrogen-bond acceptors (Lipinski definition) is 7. The molecule has 3 rings (SSSR count). The number of anilines is 1. The topological polar surface area (TPSA) is 134 Å². The number of amides is 1. The molecular formula is C19H19ClN4O5S. The van der Waals surface area contributed by atoms with Gasteiger partial charge in [0.2, 0.25) is 21.8 Å². The molecule has 1 unspecified atom stereocenters. The minimum Gasteiger partial charge on any atom is -0.418 e. The molecule has 0 spiro atoms. The number of nitrogens with zero attached hydrogens (tertiary/aromatic N) is 2. The van der Waals surface area contributed by atoms with Crippen molar-refractivity contribution >= 4 is 33.2 Å². The van der Waals surface area contributed by atoms with Crippen LogP contribution in [0.2, 0.25) is 5.02 Å². The maximum Gasteiger partial charge on any atom is 0.251 e. The standard InChI is InChI=1S/C19H19ClN4O5S/c1-30(27,28)24-15-8-4-13(5-9-15)18-22-23-19(29-18)16(10-11-25)21-17(26)12-2-6-14(20)7-3-12/h2-9,16,24-25H,10-11H2,1H3,(H,21,26). The molecule has 0 fully saturated rings. The molecule has 0 aliphatic carbocycles. The molecule has 0 aliphatic rings. The smallest absolute Gasteiger partial charge is 0.251 e. The summed E-state index contributed by atoms with van der Waals surface area (Å²) in [6, 6.07) is 12.1. The van der Waals surface area contributed by atoms with E-state index in [-0.39, 0.29) is 30.7 Å². The number of nitrogens with one attached hydrogen (secondary N) is 2. The SMILES string of the molecule is CS(=O)(=O)Nc1ccc(-c2nnc(C(CCO)NC(=O)c3ccc(Cl)cc3)o2)cc1. The van der Waals surface area contributed by atoms with Crippen molar-refractivity contribution in [1.29, 1.82) is 0 Å². The minimum absolute atomic E-state index is 0.139. The van der Waals surface area contributed by atoms with Gasteiger partial charge in [-0.05, 0) is 55.0 Å². The first-order valence-corrected chi connectivity index (χ1v) is 11.1. The van der Waals surface area contributed by atoms with Crippen molar-refractivity contribution in [1.82, 2.24) is 15.5 Å². The van der Waals surface area contributed by atoms with Gasteiger partial charge in [0.05, 0.1) is 6.26 Å². The molecule has 0 bridgehead atoms. The van der Waals surface area contributed by atoms with Gasteiger partial charge in [-0.1, -0.05) is 11.6 Å². The lowest BCUT2D eigenvalue weighted by Crippen LogP contribution is -2.29. The molecule has 9 nitrogen and oxygen atoms in total. The number of rotatable bonds is 8. The van der Waals surface area contributed by atoms with Gasteiger partial charge in [0.1, 0.15) is 6.04 Å². The van der Waals surface area contributed by atoms with Crippen LogP contribution in [0.3, 0.4) is 0 Å². The van der Waals surface area contributed by atoms with Gasteiger partial charge in [0.25, 0.3) is 5.91 Å². The monoisotopic (exact) mass is 450 g/mol. The van der Waals surface area contributed by atoms with Gasteiger partial charge in [-0.25, -0.2) is 8.42 Å². The third-order valence-electron chi connectivity index (χ3n) is 4.00. The lowest BCUT2D eigenvalue weighted by atomic mass is 10.1. The Bertz CT molecular complexity index is 1110. The van der Waals surface area contributed by atoms with E-state index in [4.69, 9.17) is 16.0 Å². The molecule has 0 saturated carbocycles. The van der Waals surface area contributed by atoms with Gasteiger partial charge < -0.3 is 14.8 Å². The Balaban J connectivity index is 1.76. The van der Waals surface area contributed by atoms with Crippen LogP contribution in [0, 0.1) is 0 Å². The van der Waals surface area contributed by atoms with E-state index in [1.54, 1.807) is 48.5 Å². The summed E-state index contributed by atoms with van der Waals surface area (Å²) in [6.45, 7) is -0.199. The molecule has 3 N–H and O–H groups in total. The zero-order valence-electron chi connectivity index (χ0n) is 15.9. The molecule has 1 amide bonds. The van der Waals surface area contributed by atoms with Crippen LogP contribution in [0.15, 0.2) is 52.9 Å². The van der Waals surface area contributed by atoms with Crippen LogP contribution in [-0.2, 0) is 10.0 Å². The summed E-state index contributed by atoms with van der Waals surface area (Å²) in [5.74, 6) is -0.0413. The number of carbonyl (C=O) groups is 1. The number of sulfonamides is 1. The molecule has 3 aromatic rings.